The third-order valence-corrected chi connectivity index (χ3v) is 2.71. The number of nitrogen functional groups attached to an aromatic ring is 1. The third kappa shape index (κ3) is 2.20. The normalized spacial score (nSPS) is 10.4. The zero-order valence-corrected chi connectivity index (χ0v) is 10.1. The van der Waals surface area contributed by atoms with E-state index in [0.717, 1.165) is 11.1 Å². The average molecular weight is 253 g/mol. The van der Waals surface area contributed by atoms with Crippen LogP contribution in [0.15, 0.2) is 18.2 Å². The molecule has 16 heavy (non-hydrogen) atoms. The predicted octanol–water partition coefficient (Wildman–Crippen LogP) is 2.75. The molecule has 4 nitrogen and oxygen atoms in total. The lowest BCUT2D eigenvalue weighted by Crippen LogP contribution is -1.99. The number of rotatable bonds is 1. The summed E-state index contributed by atoms with van der Waals surface area (Å²) in [7, 11) is 0. The zero-order valence-electron chi connectivity index (χ0n) is 8.49. The van der Waals surface area contributed by atoms with Crippen LogP contribution in [0.25, 0.3) is 11.4 Å². The average Bonchev–Trinajstić information content (AvgIpc) is 2.20. The van der Waals surface area contributed by atoms with Crippen LogP contribution in [-0.2, 0) is 0 Å². The standard InChI is InChI=1S/C10H9ClN4S/c1-5-4-6(2-3-7(5)11)8-13-9(12)15-10(16)14-8/h2-4H,1H3,(H3,12,13,14,15,16). The molecule has 0 spiro atoms. The highest BCUT2D eigenvalue weighted by Gasteiger charge is 2.03. The van der Waals surface area contributed by atoms with E-state index in [0.29, 0.717) is 10.8 Å². The minimum absolute atomic E-state index is 0.221. The first-order chi connectivity index (χ1) is 7.56. The lowest BCUT2D eigenvalue weighted by Gasteiger charge is -2.04. The van der Waals surface area contributed by atoms with Gasteiger partial charge in [0, 0.05) is 10.6 Å². The summed E-state index contributed by atoms with van der Waals surface area (Å²) in [5.41, 5.74) is 7.41. The Kier molecular flexibility index (Phi) is 2.89. The van der Waals surface area contributed by atoms with Crippen molar-refractivity contribution >= 4 is 29.8 Å². The first kappa shape index (κ1) is 11.0. The summed E-state index contributed by atoms with van der Waals surface area (Å²) in [5, 5.41) is 0.712. The predicted molar refractivity (Wildman–Crippen MR) is 66.8 cm³/mol. The van der Waals surface area contributed by atoms with E-state index in [4.69, 9.17) is 29.6 Å². The molecule has 0 atom stereocenters. The maximum Gasteiger partial charge on any atom is 0.224 e. The van der Waals surface area contributed by atoms with Crippen LogP contribution < -0.4 is 5.73 Å². The zero-order chi connectivity index (χ0) is 11.7. The molecule has 1 heterocycles. The summed E-state index contributed by atoms with van der Waals surface area (Å²) in [6.45, 7) is 1.92. The van der Waals surface area contributed by atoms with Crippen molar-refractivity contribution < 1.29 is 0 Å². The molecule has 3 N–H and O–H groups in total. The maximum absolute atomic E-state index is 5.94. The minimum atomic E-state index is 0.221. The summed E-state index contributed by atoms with van der Waals surface area (Å²) in [5.74, 6) is 0.847. The van der Waals surface area contributed by atoms with E-state index in [2.05, 4.69) is 15.0 Å². The van der Waals surface area contributed by atoms with Crippen LogP contribution in [0.2, 0.25) is 5.02 Å². The molecule has 82 valence electrons. The van der Waals surface area contributed by atoms with E-state index in [1.165, 1.54) is 0 Å². The number of nitrogens with one attached hydrogen (secondary N) is 1. The first-order valence-electron chi connectivity index (χ1n) is 4.56. The van der Waals surface area contributed by atoms with Crippen LogP contribution in [0.5, 0.6) is 0 Å². The van der Waals surface area contributed by atoms with Gasteiger partial charge in [0.15, 0.2) is 0 Å². The van der Waals surface area contributed by atoms with Crippen LogP contribution in [0.3, 0.4) is 0 Å². The molecule has 0 unspecified atom stereocenters. The van der Waals surface area contributed by atoms with Gasteiger partial charge in [-0.05, 0) is 42.9 Å². The Labute approximate surface area is 103 Å². The monoisotopic (exact) mass is 252 g/mol. The molecule has 0 aliphatic rings. The summed E-state index contributed by atoms with van der Waals surface area (Å²) in [4.78, 5) is 10.8. The van der Waals surface area contributed by atoms with Crippen LogP contribution in [0.4, 0.5) is 5.95 Å². The molecular formula is C10H9ClN4S. The number of anilines is 1. The minimum Gasteiger partial charge on any atom is -0.369 e. The highest BCUT2D eigenvalue weighted by molar-refractivity contribution is 7.71. The lowest BCUT2D eigenvalue weighted by atomic mass is 10.1. The smallest absolute Gasteiger partial charge is 0.224 e. The Morgan fingerprint density at radius 3 is 2.75 bits per heavy atom. The van der Waals surface area contributed by atoms with E-state index >= 15 is 0 Å². The molecule has 0 radical (unpaired) electrons. The van der Waals surface area contributed by atoms with Gasteiger partial charge in [-0.1, -0.05) is 11.6 Å². The highest BCUT2D eigenvalue weighted by atomic mass is 35.5. The Hall–Kier alpha value is -1.46. The van der Waals surface area contributed by atoms with Crippen LogP contribution >= 0.6 is 23.8 Å². The molecule has 0 saturated heterocycles. The Morgan fingerprint density at radius 2 is 2.12 bits per heavy atom. The van der Waals surface area contributed by atoms with Gasteiger partial charge in [0.25, 0.3) is 0 Å². The van der Waals surface area contributed by atoms with Gasteiger partial charge in [0.2, 0.25) is 10.7 Å². The molecule has 0 aliphatic carbocycles. The molecular weight excluding hydrogens is 244 g/mol. The van der Waals surface area contributed by atoms with E-state index in [1.807, 2.05) is 19.1 Å². The van der Waals surface area contributed by atoms with E-state index in [9.17, 15) is 0 Å². The van der Waals surface area contributed by atoms with Crippen LogP contribution in [0, 0.1) is 11.7 Å². The van der Waals surface area contributed by atoms with Crippen molar-refractivity contribution in [1.29, 1.82) is 0 Å². The van der Waals surface area contributed by atoms with Crippen molar-refractivity contribution in [1.82, 2.24) is 15.0 Å². The van der Waals surface area contributed by atoms with Crippen LogP contribution in [0.1, 0.15) is 5.56 Å². The summed E-state index contributed by atoms with van der Waals surface area (Å²) < 4.78 is 0.221. The highest BCUT2D eigenvalue weighted by Crippen LogP contribution is 2.22. The number of hydrogen-bond acceptors (Lipinski definition) is 4. The molecule has 2 aromatic rings. The number of benzene rings is 1. The molecule has 0 fully saturated rings. The molecule has 0 amide bonds. The van der Waals surface area contributed by atoms with Crippen molar-refractivity contribution in [3.8, 4) is 11.4 Å². The van der Waals surface area contributed by atoms with Gasteiger partial charge in [-0.25, -0.2) is 4.98 Å². The molecule has 6 heteroatoms. The summed E-state index contributed by atoms with van der Waals surface area (Å²) in [6.07, 6.45) is 0. The molecule has 0 bridgehead atoms. The van der Waals surface area contributed by atoms with Gasteiger partial charge < -0.3 is 10.7 Å². The van der Waals surface area contributed by atoms with Gasteiger partial charge in [0.1, 0.15) is 5.82 Å². The Balaban J connectivity index is 2.58. The lowest BCUT2D eigenvalue weighted by molar-refractivity contribution is 1.05. The molecule has 1 aromatic carbocycles. The van der Waals surface area contributed by atoms with E-state index in [1.54, 1.807) is 6.07 Å². The largest absolute Gasteiger partial charge is 0.369 e. The van der Waals surface area contributed by atoms with E-state index < -0.39 is 0 Å². The summed E-state index contributed by atoms with van der Waals surface area (Å²) in [6, 6.07) is 5.57. The van der Waals surface area contributed by atoms with Crippen molar-refractivity contribution in [3.63, 3.8) is 0 Å². The van der Waals surface area contributed by atoms with E-state index in [-0.39, 0.29) is 10.7 Å². The fourth-order valence-electron chi connectivity index (χ4n) is 1.33. The van der Waals surface area contributed by atoms with Crippen molar-refractivity contribution in [3.05, 3.63) is 33.6 Å². The molecule has 0 aliphatic heterocycles. The second-order valence-electron chi connectivity index (χ2n) is 3.33. The Bertz CT molecular complexity index is 594. The molecule has 0 saturated carbocycles. The van der Waals surface area contributed by atoms with Crippen molar-refractivity contribution in [2.24, 2.45) is 0 Å². The topological polar surface area (TPSA) is 67.6 Å². The fraction of sp³-hybridized carbons (Fsp3) is 0.100. The van der Waals surface area contributed by atoms with Gasteiger partial charge in [0.05, 0.1) is 0 Å². The quantitative estimate of drug-likeness (QED) is 0.766. The van der Waals surface area contributed by atoms with Gasteiger partial charge in [-0.15, -0.1) is 0 Å². The number of nitrogens with zero attached hydrogens (tertiary/aromatic N) is 2. The van der Waals surface area contributed by atoms with Crippen molar-refractivity contribution in [2.75, 3.05) is 5.73 Å². The number of aromatic nitrogens is 3. The van der Waals surface area contributed by atoms with Crippen LogP contribution in [-0.4, -0.2) is 15.0 Å². The number of hydrogen-bond donors (Lipinski definition) is 2. The maximum atomic E-state index is 5.94. The van der Waals surface area contributed by atoms with Gasteiger partial charge in [-0.2, -0.15) is 4.98 Å². The van der Waals surface area contributed by atoms with Gasteiger partial charge in [-0.3, -0.25) is 0 Å². The number of H-pyrrole nitrogens is 1. The molecule has 1 aromatic heterocycles. The second kappa shape index (κ2) is 4.19. The molecule has 2 rings (SSSR count). The Morgan fingerprint density at radius 1 is 1.38 bits per heavy atom. The first-order valence-corrected chi connectivity index (χ1v) is 5.35. The third-order valence-electron chi connectivity index (χ3n) is 2.10. The number of aryl methyl sites for hydroxylation is 1. The number of aromatic amines is 1. The fourth-order valence-corrected chi connectivity index (χ4v) is 1.64. The second-order valence-corrected chi connectivity index (χ2v) is 4.10. The summed E-state index contributed by atoms with van der Waals surface area (Å²) >= 11 is 10.8. The van der Waals surface area contributed by atoms with Crippen molar-refractivity contribution in [2.45, 2.75) is 6.92 Å². The SMILES string of the molecule is Cc1cc(-c2nc(=S)nc(N)[nH]2)ccc1Cl. The number of halogens is 1. The number of nitrogens with two attached hydrogens (primary N) is 1. The van der Waals surface area contributed by atoms with Gasteiger partial charge >= 0.3 is 0 Å².